The second-order valence-corrected chi connectivity index (χ2v) is 8.35. The molecule has 1 aliphatic rings. The number of thioether (sulfide) groups is 1. The number of hydrogen-bond acceptors (Lipinski definition) is 6. The van der Waals surface area contributed by atoms with Crippen molar-refractivity contribution in [3.63, 3.8) is 0 Å². The van der Waals surface area contributed by atoms with E-state index in [1.165, 1.54) is 23.9 Å². The Balaban J connectivity index is 1.42. The topological polar surface area (TPSA) is 71.5 Å². The minimum Gasteiger partial charge on any atom is -0.460 e. The standard InChI is InChI=1S/C24H22FN3O3S/c1-16-14-18(24(30)31-13-12-27-20-8-10-26-11-9-20)4-7-21(16)28-22(29)15-32-23(28)17-2-5-19(25)6-3-17/h2-11,14,23H,12-13,15H2,1H3,(H,26,27). The van der Waals surface area contributed by atoms with E-state index >= 15 is 0 Å². The number of ether oxygens (including phenoxy) is 1. The van der Waals surface area contributed by atoms with Gasteiger partial charge in [0.15, 0.2) is 0 Å². The van der Waals surface area contributed by atoms with Crippen LogP contribution in [0.4, 0.5) is 15.8 Å². The van der Waals surface area contributed by atoms with E-state index in [0.29, 0.717) is 17.9 Å². The van der Waals surface area contributed by atoms with Crippen LogP contribution < -0.4 is 10.2 Å². The number of aryl methyl sites for hydroxylation is 1. The van der Waals surface area contributed by atoms with E-state index in [-0.39, 0.29) is 23.7 Å². The third-order valence-electron chi connectivity index (χ3n) is 5.06. The second kappa shape index (κ2) is 9.82. The van der Waals surface area contributed by atoms with Gasteiger partial charge in [0, 0.05) is 30.3 Å². The maximum absolute atomic E-state index is 13.3. The Morgan fingerprint density at radius 3 is 2.66 bits per heavy atom. The Hall–Kier alpha value is -3.39. The summed E-state index contributed by atoms with van der Waals surface area (Å²) in [7, 11) is 0. The number of carbonyl (C=O) groups excluding carboxylic acids is 2. The van der Waals surface area contributed by atoms with Crippen molar-refractivity contribution in [2.75, 3.05) is 29.1 Å². The van der Waals surface area contributed by atoms with E-state index in [9.17, 15) is 14.0 Å². The summed E-state index contributed by atoms with van der Waals surface area (Å²) in [6.07, 6.45) is 3.37. The molecule has 0 saturated carbocycles. The Morgan fingerprint density at radius 1 is 1.19 bits per heavy atom. The van der Waals surface area contributed by atoms with Crippen LogP contribution in [0.5, 0.6) is 0 Å². The number of benzene rings is 2. The van der Waals surface area contributed by atoms with Gasteiger partial charge in [-0.3, -0.25) is 14.7 Å². The highest BCUT2D eigenvalue weighted by Gasteiger charge is 2.35. The molecular weight excluding hydrogens is 429 g/mol. The van der Waals surface area contributed by atoms with Crippen LogP contribution in [0.3, 0.4) is 0 Å². The Morgan fingerprint density at radius 2 is 1.94 bits per heavy atom. The zero-order chi connectivity index (χ0) is 22.5. The van der Waals surface area contributed by atoms with Gasteiger partial charge >= 0.3 is 5.97 Å². The zero-order valence-electron chi connectivity index (χ0n) is 17.5. The van der Waals surface area contributed by atoms with Crippen molar-refractivity contribution in [1.29, 1.82) is 0 Å². The molecule has 1 unspecified atom stereocenters. The van der Waals surface area contributed by atoms with Gasteiger partial charge in [0.2, 0.25) is 5.91 Å². The van der Waals surface area contributed by atoms with Crippen molar-refractivity contribution in [3.8, 4) is 0 Å². The lowest BCUT2D eigenvalue weighted by Gasteiger charge is -2.26. The minimum atomic E-state index is -0.423. The molecule has 8 heteroatoms. The fourth-order valence-corrected chi connectivity index (χ4v) is 4.67. The van der Waals surface area contributed by atoms with Crippen molar-refractivity contribution in [2.24, 2.45) is 0 Å². The molecule has 6 nitrogen and oxygen atoms in total. The van der Waals surface area contributed by atoms with Crippen molar-refractivity contribution in [1.82, 2.24) is 4.98 Å². The number of esters is 1. The van der Waals surface area contributed by atoms with E-state index in [4.69, 9.17) is 4.74 Å². The van der Waals surface area contributed by atoms with Gasteiger partial charge in [-0.05, 0) is 60.5 Å². The number of nitrogens with zero attached hydrogens (tertiary/aromatic N) is 2. The van der Waals surface area contributed by atoms with E-state index in [0.717, 1.165) is 22.5 Å². The molecule has 3 aromatic rings. The number of rotatable bonds is 7. The molecule has 1 atom stereocenters. The number of aromatic nitrogens is 1. The van der Waals surface area contributed by atoms with Crippen LogP contribution in [0.15, 0.2) is 67.0 Å². The summed E-state index contributed by atoms with van der Waals surface area (Å²) in [5.74, 6) is -0.418. The summed E-state index contributed by atoms with van der Waals surface area (Å²) in [6.45, 7) is 2.55. The lowest BCUT2D eigenvalue weighted by atomic mass is 10.1. The van der Waals surface area contributed by atoms with E-state index in [2.05, 4.69) is 10.3 Å². The van der Waals surface area contributed by atoms with Crippen molar-refractivity contribution >= 4 is 35.0 Å². The summed E-state index contributed by atoms with van der Waals surface area (Å²) >= 11 is 1.49. The van der Waals surface area contributed by atoms with E-state index in [1.807, 2.05) is 19.1 Å². The summed E-state index contributed by atoms with van der Waals surface area (Å²) < 4.78 is 18.7. The van der Waals surface area contributed by atoms with E-state index in [1.54, 1.807) is 47.6 Å². The maximum Gasteiger partial charge on any atom is 0.338 e. The second-order valence-electron chi connectivity index (χ2n) is 7.28. The molecule has 0 radical (unpaired) electrons. The van der Waals surface area contributed by atoms with Crippen LogP contribution in [0.1, 0.15) is 26.9 Å². The first-order chi connectivity index (χ1) is 15.5. The average molecular weight is 452 g/mol. The van der Waals surface area contributed by atoms with Crippen LogP contribution in [0.25, 0.3) is 0 Å². The molecule has 32 heavy (non-hydrogen) atoms. The molecule has 1 aromatic heterocycles. The number of anilines is 2. The molecular formula is C24H22FN3O3S. The molecule has 0 aliphatic carbocycles. The van der Waals surface area contributed by atoms with Crippen LogP contribution >= 0.6 is 11.8 Å². The zero-order valence-corrected chi connectivity index (χ0v) is 18.3. The molecule has 2 aromatic carbocycles. The molecule has 1 N–H and O–H groups in total. The van der Waals surface area contributed by atoms with Gasteiger partial charge in [0.25, 0.3) is 0 Å². The highest BCUT2D eigenvalue weighted by atomic mass is 32.2. The molecule has 1 amide bonds. The highest BCUT2D eigenvalue weighted by Crippen LogP contribution is 2.42. The number of amides is 1. The summed E-state index contributed by atoms with van der Waals surface area (Å²) in [4.78, 5) is 30.7. The largest absolute Gasteiger partial charge is 0.460 e. The molecule has 1 aliphatic heterocycles. The number of pyridine rings is 1. The van der Waals surface area contributed by atoms with Gasteiger partial charge in [-0.15, -0.1) is 11.8 Å². The number of hydrogen-bond donors (Lipinski definition) is 1. The van der Waals surface area contributed by atoms with Crippen LogP contribution in [-0.2, 0) is 9.53 Å². The lowest BCUT2D eigenvalue weighted by molar-refractivity contribution is -0.115. The average Bonchev–Trinajstić information content (AvgIpc) is 3.18. The minimum absolute atomic E-state index is 0.0232. The monoisotopic (exact) mass is 451 g/mol. The van der Waals surface area contributed by atoms with E-state index < -0.39 is 5.97 Å². The van der Waals surface area contributed by atoms with Crippen molar-refractivity contribution in [3.05, 3.63) is 89.5 Å². The van der Waals surface area contributed by atoms with Gasteiger partial charge in [-0.25, -0.2) is 9.18 Å². The third kappa shape index (κ3) is 4.91. The fourth-order valence-electron chi connectivity index (χ4n) is 3.50. The first kappa shape index (κ1) is 21.8. The van der Waals surface area contributed by atoms with Crippen LogP contribution in [-0.4, -0.2) is 35.8 Å². The SMILES string of the molecule is Cc1cc(C(=O)OCCNc2ccncc2)ccc1N1C(=O)CSC1c1ccc(F)cc1. The normalized spacial score (nSPS) is 15.6. The van der Waals surface area contributed by atoms with Gasteiger partial charge in [-0.2, -0.15) is 0 Å². The Bertz CT molecular complexity index is 1110. The summed E-state index contributed by atoms with van der Waals surface area (Å²) in [6, 6.07) is 15.0. The number of nitrogens with one attached hydrogen (secondary N) is 1. The lowest BCUT2D eigenvalue weighted by Crippen LogP contribution is -2.28. The maximum atomic E-state index is 13.3. The quantitative estimate of drug-likeness (QED) is 0.419. The number of carbonyl (C=O) groups is 2. The van der Waals surface area contributed by atoms with Gasteiger partial charge in [0.1, 0.15) is 17.8 Å². The Labute approximate surface area is 189 Å². The number of halogens is 1. The van der Waals surface area contributed by atoms with Gasteiger partial charge in [-0.1, -0.05) is 12.1 Å². The first-order valence-corrected chi connectivity index (χ1v) is 11.2. The summed E-state index contributed by atoms with van der Waals surface area (Å²) in [5, 5.41) is 2.91. The first-order valence-electron chi connectivity index (χ1n) is 10.1. The molecule has 0 bridgehead atoms. The molecule has 164 valence electrons. The van der Waals surface area contributed by atoms with Gasteiger partial charge in [0.05, 0.1) is 11.3 Å². The molecule has 0 spiro atoms. The highest BCUT2D eigenvalue weighted by molar-refractivity contribution is 8.00. The summed E-state index contributed by atoms with van der Waals surface area (Å²) in [5.41, 5.74) is 3.70. The molecule has 1 saturated heterocycles. The van der Waals surface area contributed by atoms with Crippen molar-refractivity contribution in [2.45, 2.75) is 12.3 Å². The third-order valence-corrected chi connectivity index (χ3v) is 6.27. The fraction of sp³-hybridized carbons (Fsp3) is 0.208. The predicted molar refractivity (Wildman–Crippen MR) is 123 cm³/mol. The Kier molecular flexibility index (Phi) is 6.70. The van der Waals surface area contributed by atoms with Crippen LogP contribution in [0.2, 0.25) is 0 Å². The molecule has 4 rings (SSSR count). The molecule has 1 fully saturated rings. The predicted octanol–water partition coefficient (Wildman–Crippen LogP) is 4.58. The van der Waals surface area contributed by atoms with Crippen LogP contribution in [0, 0.1) is 12.7 Å². The smallest absolute Gasteiger partial charge is 0.338 e. The molecule has 2 heterocycles. The van der Waals surface area contributed by atoms with Crippen molar-refractivity contribution < 1.29 is 18.7 Å². The van der Waals surface area contributed by atoms with Gasteiger partial charge < -0.3 is 10.1 Å².